The summed E-state index contributed by atoms with van der Waals surface area (Å²) in [5.41, 5.74) is 14.0. The van der Waals surface area contributed by atoms with Crippen LogP contribution in [-0.4, -0.2) is 88.5 Å². The van der Waals surface area contributed by atoms with Crippen LogP contribution in [0.3, 0.4) is 0 Å². The Bertz CT molecular complexity index is 2530. The van der Waals surface area contributed by atoms with Gasteiger partial charge < -0.3 is 16.4 Å². The number of unbranched alkanes of at least 4 members (excludes halogenated alkanes) is 1. The van der Waals surface area contributed by atoms with Crippen LogP contribution in [0.2, 0.25) is 0 Å². The molecular weight excluding hydrogens is 817 g/mol. The van der Waals surface area contributed by atoms with Gasteiger partial charge in [-0.05, 0) is 80.5 Å². The van der Waals surface area contributed by atoms with E-state index in [0.717, 1.165) is 73.3 Å². The van der Waals surface area contributed by atoms with Gasteiger partial charge in [0.2, 0.25) is 22.6 Å². The molecule has 4 N–H and O–H groups in total. The molecule has 8 aromatic rings. The number of nitrogens with zero attached hydrogens (tertiary/aromatic N) is 14. The number of aryl methyl sites for hydroxylation is 4. The van der Waals surface area contributed by atoms with Crippen molar-refractivity contribution in [1.29, 1.82) is 0 Å². The number of benzene rings is 2. The summed E-state index contributed by atoms with van der Waals surface area (Å²) >= 11 is 3.46. The second-order valence-electron chi connectivity index (χ2n) is 13.8. The van der Waals surface area contributed by atoms with E-state index in [9.17, 15) is 4.39 Å². The molecule has 17 nitrogen and oxygen atoms in total. The van der Waals surface area contributed by atoms with E-state index in [1.165, 1.54) is 36.8 Å². The molecule has 19 heteroatoms. The number of halogens is 2. The zero-order valence-electron chi connectivity index (χ0n) is 33.6. The fraction of sp³-hybridized carbons (Fsp3) is 0.350. The number of anilines is 4. The molecule has 0 amide bonds. The van der Waals surface area contributed by atoms with Crippen molar-refractivity contribution >= 4 is 61.5 Å². The van der Waals surface area contributed by atoms with Gasteiger partial charge in [0.05, 0.1) is 56.1 Å². The Morgan fingerprint density at radius 3 is 2.25 bits per heavy atom. The SMILES string of the molecule is NCCCCn1cc(Nc2cnc3nnn(-c4ccc(CCBr)cc4)c3n2)cn1.[2H]CF.c1cc2ccc1CCCCCCCn1cc(cn1)Nc1cnc3nnn-2c3n1. The fourth-order valence-electron chi connectivity index (χ4n) is 6.56. The molecular formula is C40H47BrFN17. The van der Waals surface area contributed by atoms with Crippen molar-refractivity contribution in [3.63, 3.8) is 0 Å². The quantitative estimate of drug-likeness (QED) is 0.0985. The monoisotopic (exact) mass is 864 g/mol. The number of hydrogen-bond donors (Lipinski definition) is 3. The van der Waals surface area contributed by atoms with E-state index < -0.39 is 7.15 Å². The van der Waals surface area contributed by atoms with Crippen LogP contribution in [0.4, 0.5) is 27.4 Å². The number of nitrogens with two attached hydrogens (primary N) is 1. The van der Waals surface area contributed by atoms with Crippen LogP contribution in [0.15, 0.2) is 85.7 Å². The van der Waals surface area contributed by atoms with Gasteiger partial charge in [0.25, 0.3) is 0 Å². The van der Waals surface area contributed by atoms with E-state index in [1.807, 2.05) is 40.1 Å². The molecule has 0 saturated heterocycles. The molecule has 2 aliphatic heterocycles. The van der Waals surface area contributed by atoms with Gasteiger partial charge >= 0.3 is 0 Å². The van der Waals surface area contributed by atoms with Crippen molar-refractivity contribution in [3.8, 4) is 11.4 Å². The molecule has 0 atom stereocenters. The Morgan fingerprint density at radius 2 is 1.51 bits per heavy atom. The van der Waals surface area contributed by atoms with Crippen LogP contribution in [0, 0.1) is 0 Å². The first-order valence-corrected chi connectivity index (χ1v) is 20.7. The van der Waals surface area contributed by atoms with Crippen molar-refractivity contribution in [2.45, 2.75) is 70.9 Å². The molecule has 2 aromatic carbocycles. The van der Waals surface area contributed by atoms with E-state index in [2.05, 4.69) is 114 Å². The lowest BCUT2D eigenvalue weighted by molar-refractivity contribution is 0.529. The number of hydrogen-bond acceptors (Lipinski definition) is 13. The van der Waals surface area contributed by atoms with Crippen molar-refractivity contribution < 1.29 is 5.76 Å². The lowest BCUT2D eigenvalue weighted by Crippen LogP contribution is -2.03. The van der Waals surface area contributed by atoms with E-state index in [1.54, 1.807) is 28.0 Å². The summed E-state index contributed by atoms with van der Waals surface area (Å²) in [6, 6.07) is 16.7. The van der Waals surface area contributed by atoms with Crippen molar-refractivity contribution in [1.82, 2.24) is 69.5 Å². The first kappa shape index (κ1) is 39.6. The molecule has 2 aliphatic rings. The van der Waals surface area contributed by atoms with Crippen LogP contribution in [0.5, 0.6) is 0 Å². The molecule has 0 radical (unpaired) electrons. The highest BCUT2D eigenvalue weighted by Crippen LogP contribution is 2.21. The number of nitrogens with one attached hydrogen (secondary N) is 2. The molecule has 0 aliphatic carbocycles. The Balaban J connectivity index is 0.000000171. The molecule has 0 unspecified atom stereocenters. The third-order valence-electron chi connectivity index (χ3n) is 9.58. The predicted octanol–water partition coefficient (Wildman–Crippen LogP) is 7.07. The van der Waals surface area contributed by atoms with Gasteiger partial charge in [-0.25, -0.2) is 19.9 Å². The minimum atomic E-state index is -1.00. The highest BCUT2D eigenvalue weighted by Gasteiger charge is 2.13. The maximum Gasteiger partial charge on any atom is 0.221 e. The van der Waals surface area contributed by atoms with E-state index in [0.29, 0.717) is 40.8 Å². The minimum Gasteiger partial charge on any atom is -0.336 e. The van der Waals surface area contributed by atoms with Crippen LogP contribution in [0.1, 0.15) is 57.4 Å². The van der Waals surface area contributed by atoms with Crippen LogP contribution in [0.25, 0.3) is 34.0 Å². The first-order valence-electron chi connectivity index (χ1n) is 20.3. The summed E-state index contributed by atoms with van der Waals surface area (Å²) in [5.74, 6) is 1.25. The minimum absolute atomic E-state index is 0.498. The van der Waals surface area contributed by atoms with Gasteiger partial charge in [-0.15, -0.1) is 10.2 Å². The molecule has 6 bridgehead atoms. The maximum absolute atomic E-state index is 9.96. The van der Waals surface area contributed by atoms with Gasteiger partial charge in [0.15, 0.2) is 11.6 Å². The van der Waals surface area contributed by atoms with Gasteiger partial charge in [0, 0.05) is 30.8 Å². The zero-order valence-corrected chi connectivity index (χ0v) is 34.2. The number of aromatic nitrogens is 14. The molecule has 8 heterocycles. The number of rotatable bonds is 9. The smallest absolute Gasteiger partial charge is 0.221 e. The number of fused-ring (bicyclic) bond motifs is 9. The average Bonchev–Trinajstić information content (AvgIpc) is 4.09. The molecule has 0 saturated carbocycles. The topological polar surface area (TPSA) is 199 Å². The van der Waals surface area contributed by atoms with Crippen LogP contribution >= 0.6 is 15.9 Å². The normalized spacial score (nSPS) is 13.0. The third kappa shape index (κ3) is 10.7. The second-order valence-corrected chi connectivity index (χ2v) is 14.6. The van der Waals surface area contributed by atoms with Gasteiger partial charge in [0.1, 0.15) is 0 Å². The largest absolute Gasteiger partial charge is 0.336 e. The van der Waals surface area contributed by atoms with Crippen molar-refractivity contribution in [2.24, 2.45) is 5.73 Å². The summed E-state index contributed by atoms with van der Waals surface area (Å²) in [6.07, 6.45) is 21.1. The van der Waals surface area contributed by atoms with Crippen molar-refractivity contribution in [2.75, 3.05) is 29.7 Å². The van der Waals surface area contributed by atoms with E-state index >= 15 is 0 Å². The van der Waals surface area contributed by atoms with Crippen molar-refractivity contribution in [3.05, 3.63) is 96.8 Å². The van der Waals surface area contributed by atoms with Gasteiger partial charge in [-0.2, -0.15) is 19.6 Å². The highest BCUT2D eigenvalue weighted by atomic mass is 79.9. The Labute approximate surface area is 350 Å². The molecule has 0 fully saturated rings. The highest BCUT2D eigenvalue weighted by molar-refractivity contribution is 9.09. The lowest BCUT2D eigenvalue weighted by Gasteiger charge is -2.06. The molecule has 10 rings (SSSR count). The summed E-state index contributed by atoms with van der Waals surface area (Å²) in [6.45, 7) is 2.47. The Kier molecular flexibility index (Phi) is 13.7. The fourth-order valence-corrected chi connectivity index (χ4v) is 7.02. The summed E-state index contributed by atoms with van der Waals surface area (Å²) in [4.78, 5) is 18.1. The van der Waals surface area contributed by atoms with Gasteiger partial charge in [-0.3, -0.25) is 13.8 Å². The number of alkyl halides is 2. The Hall–Kier alpha value is -6.21. The average molecular weight is 866 g/mol. The standard InChI is InChI=1S/C20H22N8.C19H22BrN9.CH3F/c1-2-4-6-15-7-9-17(10-8-15)28-20-19(25-26-28)21-13-18(24-20)23-16-12-22-27(14-16)11-5-3-1;20-8-7-14-3-5-16(6-4-14)29-19-18(26-27-29)22-12-17(25-19)24-15-11-23-28(13-15)10-2-1-9-21;1-2/h7-10,12-14H,1-6,11H2,(H,23,24);3-6,11-13H,1-2,7-10,21H2,(H,24,25);1H3/i;;1D. The molecule has 59 heavy (non-hydrogen) atoms. The van der Waals surface area contributed by atoms with Crippen LogP contribution in [-0.2, 0) is 25.9 Å². The second kappa shape index (κ2) is 20.5. The molecule has 306 valence electrons. The van der Waals surface area contributed by atoms with Crippen LogP contribution < -0.4 is 16.4 Å². The predicted molar refractivity (Wildman–Crippen MR) is 230 cm³/mol. The molecule has 6 aromatic heterocycles. The van der Waals surface area contributed by atoms with E-state index in [-0.39, 0.29) is 0 Å². The zero-order chi connectivity index (χ0) is 41.5. The Morgan fingerprint density at radius 1 is 0.814 bits per heavy atom. The van der Waals surface area contributed by atoms with E-state index in [4.69, 9.17) is 7.10 Å². The van der Waals surface area contributed by atoms with Gasteiger partial charge in [-0.1, -0.05) is 69.9 Å². The summed E-state index contributed by atoms with van der Waals surface area (Å²) in [5, 5.41) is 33.0. The third-order valence-corrected chi connectivity index (χ3v) is 9.98. The summed E-state index contributed by atoms with van der Waals surface area (Å²) < 4.78 is 22.8. The summed E-state index contributed by atoms with van der Waals surface area (Å²) in [7, 11) is -1.00. The lowest BCUT2D eigenvalue weighted by atomic mass is 10.1. The maximum atomic E-state index is 9.96. The molecule has 0 spiro atoms. The first-order chi connectivity index (χ1) is 29.5.